The Morgan fingerprint density at radius 1 is 0.875 bits per heavy atom. The molecule has 0 radical (unpaired) electrons. The first-order valence-electron chi connectivity index (χ1n) is 9.75. The van der Waals surface area contributed by atoms with E-state index < -0.39 is 11.7 Å². The van der Waals surface area contributed by atoms with Crippen molar-refractivity contribution in [2.45, 2.75) is 6.18 Å². The topological polar surface area (TPSA) is 38.3 Å². The van der Waals surface area contributed by atoms with Crippen molar-refractivity contribution in [3.8, 4) is 22.6 Å². The van der Waals surface area contributed by atoms with Gasteiger partial charge in [-0.15, -0.1) is 0 Å². The highest BCUT2D eigenvalue weighted by Gasteiger charge is 2.30. The van der Waals surface area contributed by atoms with E-state index in [9.17, 15) is 18.0 Å². The highest BCUT2D eigenvalue weighted by atomic mass is 19.4. The van der Waals surface area contributed by atoms with Crippen molar-refractivity contribution in [1.82, 2.24) is 0 Å². The van der Waals surface area contributed by atoms with Gasteiger partial charge in [0.05, 0.1) is 5.56 Å². The van der Waals surface area contributed by atoms with Crippen LogP contribution in [0.4, 0.5) is 18.9 Å². The van der Waals surface area contributed by atoms with Crippen molar-refractivity contribution in [2.75, 3.05) is 5.32 Å². The number of amides is 1. The maximum Gasteiger partial charge on any atom is 0.416 e. The molecular formula is C26H18F3NO2. The minimum atomic E-state index is -4.41. The van der Waals surface area contributed by atoms with Crippen molar-refractivity contribution in [1.29, 1.82) is 0 Å². The SMILES string of the molecule is C=CC(=O)Nc1cccc(-c2cc(Oc3ccc(C(F)(F)F)cc3)c3ccccc3c2)c1. The van der Waals surface area contributed by atoms with Gasteiger partial charge in [-0.3, -0.25) is 4.79 Å². The van der Waals surface area contributed by atoms with E-state index in [-0.39, 0.29) is 5.91 Å². The average Bonchev–Trinajstić information content (AvgIpc) is 2.79. The summed E-state index contributed by atoms with van der Waals surface area (Å²) in [4.78, 5) is 11.6. The van der Waals surface area contributed by atoms with Crippen LogP contribution in [0.2, 0.25) is 0 Å². The maximum atomic E-state index is 12.9. The van der Waals surface area contributed by atoms with E-state index in [4.69, 9.17) is 4.74 Å². The summed E-state index contributed by atoms with van der Waals surface area (Å²) >= 11 is 0. The fourth-order valence-electron chi connectivity index (χ4n) is 3.34. The third kappa shape index (κ3) is 4.64. The number of benzene rings is 4. The second-order valence-electron chi connectivity index (χ2n) is 7.09. The number of halogens is 3. The second-order valence-corrected chi connectivity index (χ2v) is 7.09. The van der Waals surface area contributed by atoms with Gasteiger partial charge in [0, 0.05) is 11.1 Å². The van der Waals surface area contributed by atoms with Crippen LogP contribution in [-0.2, 0) is 11.0 Å². The van der Waals surface area contributed by atoms with E-state index in [0.29, 0.717) is 17.2 Å². The van der Waals surface area contributed by atoms with E-state index in [0.717, 1.165) is 34.0 Å². The standard InChI is InChI=1S/C26H18F3NO2/c1-2-25(31)30-21-8-5-7-17(15-21)19-14-18-6-3-4-9-23(18)24(16-19)32-22-12-10-20(11-13-22)26(27,28)29/h2-16H,1H2,(H,30,31). The Morgan fingerprint density at radius 3 is 2.34 bits per heavy atom. The van der Waals surface area contributed by atoms with Gasteiger partial charge in [0.25, 0.3) is 0 Å². The van der Waals surface area contributed by atoms with Crippen LogP contribution in [0.15, 0.2) is 97.6 Å². The van der Waals surface area contributed by atoms with Crippen molar-refractivity contribution < 1.29 is 22.7 Å². The highest BCUT2D eigenvalue weighted by molar-refractivity contribution is 5.99. The van der Waals surface area contributed by atoms with Crippen LogP contribution in [0.3, 0.4) is 0 Å². The van der Waals surface area contributed by atoms with E-state index in [1.807, 2.05) is 54.6 Å². The molecule has 4 rings (SSSR count). The molecule has 4 aromatic carbocycles. The number of alkyl halides is 3. The molecule has 0 saturated carbocycles. The van der Waals surface area contributed by atoms with Crippen LogP contribution >= 0.6 is 0 Å². The molecule has 4 aromatic rings. The predicted octanol–water partition coefficient (Wildman–Crippen LogP) is 7.44. The lowest BCUT2D eigenvalue weighted by atomic mass is 10.00. The smallest absolute Gasteiger partial charge is 0.416 e. The number of carbonyl (C=O) groups is 1. The Balaban J connectivity index is 1.73. The Bertz CT molecular complexity index is 1290. The van der Waals surface area contributed by atoms with Gasteiger partial charge in [0.1, 0.15) is 11.5 Å². The van der Waals surface area contributed by atoms with Crippen molar-refractivity contribution in [3.05, 3.63) is 103 Å². The minimum Gasteiger partial charge on any atom is -0.457 e. The molecule has 0 aliphatic rings. The molecule has 0 saturated heterocycles. The third-order valence-corrected chi connectivity index (χ3v) is 4.88. The Morgan fingerprint density at radius 2 is 1.62 bits per heavy atom. The molecule has 6 heteroatoms. The zero-order valence-corrected chi connectivity index (χ0v) is 16.8. The fraction of sp³-hybridized carbons (Fsp3) is 0.0385. The number of ether oxygens (including phenoxy) is 1. The van der Waals surface area contributed by atoms with Crippen LogP contribution in [0.1, 0.15) is 5.56 Å². The van der Waals surface area contributed by atoms with Gasteiger partial charge in [-0.25, -0.2) is 0 Å². The van der Waals surface area contributed by atoms with Gasteiger partial charge in [-0.05, 0) is 71.1 Å². The van der Waals surface area contributed by atoms with Gasteiger partial charge in [0.2, 0.25) is 5.91 Å². The highest BCUT2D eigenvalue weighted by Crippen LogP contribution is 2.37. The first-order chi connectivity index (χ1) is 15.3. The Labute approximate surface area is 182 Å². The van der Waals surface area contributed by atoms with Gasteiger partial charge in [-0.2, -0.15) is 13.2 Å². The number of anilines is 1. The molecule has 0 aromatic heterocycles. The van der Waals surface area contributed by atoms with E-state index >= 15 is 0 Å². The molecule has 0 atom stereocenters. The number of hydrogen-bond acceptors (Lipinski definition) is 2. The molecule has 3 nitrogen and oxygen atoms in total. The summed E-state index contributed by atoms with van der Waals surface area (Å²) in [5.74, 6) is 0.498. The Hall–Kier alpha value is -4.06. The zero-order chi connectivity index (χ0) is 22.7. The molecule has 32 heavy (non-hydrogen) atoms. The molecule has 1 amide bonds. The largest absolute Gasteiger partial charge is 0.457 e. The van der Waals surface area contributed by atoms with Crippen LogP contribution < -0.4 is 10.1 Å². The molecule has 1 N–H and O–H groups in total. The van der Waals surface area contributed by atoms with Crippen molar-refractivity contribution in [2.24, 2.45) is 0 Å². The summed E-state index contributed by atoms with van der Waals surface area (Å²) < 4.78 is 44.6. The summed E-state index contributed by atoms with van der Waals surface area (Å²) in [5, 5.41) is 4.47. The molecule has 0 unspecified atom stereocenters. The number of nitrogens with one attached hydrogen (secondary N) is 1. The minimum absolute atomic E-state index is 0.298. The Kier molecular flexibility index (Phi) is 5.69. The third-order valence-electron chi connectivity index (χ3n) is 4.88. The summed E-state index contributed by atoms with van der Waals surface area (Å²) in [6, 6.07) is 23.3. The normalized spacial score (nSPS) is 11.2. The first kappa shape index (κ1) is 21.2. The number of rotatable bonds is 5. The van der Waals surface area contributed by atoms with Crippen molar-refractivity contribution >= 4 is 22.4 Å². The summed E-state index contributed by atoms with van der Waals surface area (Å²) in [5.41, 5.74) is 1.56. The average molecular weight is 433 g/mol. The predicted molar refractivity (Wildman–Crippen MR) is 120 cm³/mol. The molecule has 0 spiro atoms. The molecule has 0 aliphatic carbocycles. The van der Waals surface area contributed by atoms with E-state index in [1.54, 1.807) is 6.07 Å². The molecule has 0 bridgehead atoms. The molecule has 0 heterocycles. The van der Waals surface area contributed by atoms with Gasteiger partial charge in [0.15, 0.2) is 0 Å². The molecule has 0 aliphatic heterocycles. The zero-order valence-electron chi connectivity index (χ0n) is 16.8. The lowest BCUT2D eigenvalue weighted by Gasteiger charge is -2.14. The fourth-order valence-corrected chi connectivity index (χ4v) is 3.34. The number of carbonyl (C=O) groups excluding carboxylic acids is 1. The van der Waals surface area contributed by atoms with Gasteiger partial charge < -0.3 is 10.1 Å². The van der Waals surface area contributed by atoms with Crippen LogP contribution in [0.5, 0.6) is 11.5 Å². The quantitative estimate of drug-likeness (QED) is 0.332. The maximum absolute atomic E-state index is 12.9. The second kappa shape index (κ2) is 8.59. The molecular weight excluding hydrogens is 415 g/mol. The van der Waals surface area contributed by atoms with Gasteiger partial charge in [-0.1, -0.05) is 43.0 Å². The monoisotopic (exact) mass is 433 g/mol. The number of fused-ring (bicyclic) bond motifs is 1. The molecule has 160 valence electrons. The van der Waals surface area contributed by atoms with E-state index in [1.165, 1.54) is 18.2 Å². The van der Waals surface area contributed by atoms with Crippen LogP contribution in [0.25, 0.3) is 21.9 Å². The summed E-state index contributed by atoms with van der Waals surface area (Å²) in [6.07, 6.45) is -3.21. The lowest BCUT2D eigenvalue weighted by Crippen LogP contribution is -2.06. The van der Waals surface area contributed by atoms with Crippen molar-refractivity contribution in [3.63, 3.8) is 0 Å². The van der Waals surface area contributed by atoms with E-state index in [2.05, 4.69) is 11.9 Å². The van der Waals surface area contributed by atoms with Crippen LogP contribution in [-0.4, -0.2) is 5.91 Å². The van der Waals surface area contributed by atoms with Crippen LogP contribution in [0, 0.1) is 0 Å². The van der Waals surface area contributed by atoms with Gasteiger partial charge >= 0.3 is 6.18 Å². The molecule has 0 fully saturated rings. The summed E-state index contributed by atoms with van der Waals surface area (Å²) in [7, 11) is 0. The number of hydrogen-bond donors (Lipinski definition) is 1. The first-order valence-corrected chi connectivity index (χ1v) is 9.75. The summed E-state index contributed by atoms with van der Waals surface area (Å²) in [6.45, 7) is 3.45. The lowest BCUT2D eigenvalue weighted by molar-refractivity contribution is -0.137.